The number of rotatable bonds is 7. The molecule has 0 radical (unpaired) electrons. The van der Waals surface area contributed by atoms with Crippen molar-refractivity contribution in [3.05, 3.63) is 89.2 Å². The molecule has 0 bridgehead atoms. The van der Waals surface area contributed by atoms with Crippen molar-refractivity contribution < 1.29 is 28.2 Å². The predicted octanol–water partition coefficient (Wildman–Crippen LogP) is 4.22. The van der Waals surface area contributed by atoms with Gasteiger partial charge in [-0.3, -0.25) is 9.59 Å². The van der Waals surface area contributed by atoms with Crippen LogP contribution in [0.4, 0.5) is 4.39 Å². The van der Waals surface area contributed by atoms with Crippen LogP contribution < -0.4 is 14.2 Å². The molecule has 0 spiro atoms. The molecule has 0 aliphatic rings. The van der Waals surface area contributed by atoms with Gasteiger partial charge < -0.3 is 14.2 Å². The number of esters is 1. The van der Waals surface area contributed by atoms with Crippen molar-refractivity contribution in [1.82, 2.24) is 0 Å². The molecule has 0 fully saturated rings. The van der Waals surface area contributed by atoms with Gasteiger partial charge in [-0.05, 0) is 54.6 Å². The highest BCUT2D eigenvalue weighted by molar-refractivity contribution is 6.09. The molecule has 0 aliphatic heterocycles. The van der Waals surface area contributed by atoms with E-state index in [0.29, 0.717) is 33.9 Å². The van der Waals surface area contributed by atoms with E-state index in [-0.39, 0.29) is 12.2 Å². The zero-order valence-corrected chi connectivity index (χ0v) is 16.0. The Morgan fingerprint density at radius 1 is 0.793 bits per heavy atom. The zero-order valence-electron chi connectivity index (χ0n) is 16.0. The van der Waals surface area contributed by atoms with Gasteiger partial charge >= 0.3 is 5.97 Å². The highest BCUT2D eigenvalue weighted by Gasteiger charge is 2.13. The molecule has 0 aliphatic carbocycles. The molecule has 3 rings (SSSR count). The first kappa shape index (κ1) is 20.1. The molecule has 5 nitrogen and oxygen atoms in total. The number of ketones is 1. The minimum absolute atomic E-state index is 0.0173. The van der Waals surface area contributed by atoms with Crippen LogP contribution in [-0.2, 0) is 11.2 Å². The van der Waals surface area contributed by atoms with Gasteiger partial charge in [-0.1, -0.05) is 6.07 Å². The summed E-state index contributed by atoms with van der Waals surface area (Å²) < 4.78 is 28.8. The molecule has 29 heavy (non-hydrogen) atoms. The van der Waals surface area contributed by atoms with Gasteiger partial charge in [-0.25, -0.2) is 4.39 Å². The molecular formula is C23H19FO5. The van der Waals surface area contributed by atoms with Gasteiger partial charge in [-0.2, -0.15) is 0 Å². The molecule has 3 aromatic rings. The average Bonchev–Trinajstić information content (AvgIpc) is 2.74. The summed E-state index contributed by atoms with van der Waals surface area (Å²) in [6, 6.07) is 16.7. The van der Waals surface area contributed by atoms with E-state index in [0.717, 1.165) is 0 Å². The number of hydrogen-bond acceptors (Lipinski definition) is 5. The zero-order chi connectivity index (χ0) is 20.8. The molecule has 0 unspecified atom stereocenters. The Bertz CT molecular complexity index is 1010. The van der Waals surface area contributed by atoms with Crippen LogP contribution in [0.2, 0.25) is 0 Å². The Hall–Kier alpha value is -3.67. The quantitative estimate of drug-likeness (QED) is 0.341. The molecular weight excluding hydrogens is 375 g/mol. The second kappa shape index (κ2) is 9.01. The van der Waals surface area contributed by atoms with Crippen LogP contribution >= 0.6 is 0 Å². The van der Waals surface area contributed by atoms with Crippen LogP contribution in [-0.4, -0.2) is 26.0 Å². The van der Waals surface area contributed by atoms with Gasteiger partial charge in [0.15, 0.2) is 5.78 Å². The van der Waals surface area contributed by atoms with Crippen molar-refractivity contribution >= 4 is 11.8 Å². The Balaban J connectivity index is 1.66. The molecule has 0 amide bonds. The van der Waals surface area contributed by atoms with Crippen LogP contribution in [0.25, 0.3) is 0 Å². The monoisotopic (exact) mass is 394 g/mol. The van der Waals surface area contributed by atoms with E-state index in [1.165, 1.54) is 31.4 Å². The maximum atomic E-state index is 13.0. The number of carbonyl (C=O) groups is 2. The Labute approximate surface area is 167 Å². The van der Waals surface area contributed by atoms with Gasteiger partial charge in [0, 0.05) is 22.8 Å². The first-order chi connectivity index (χ1) is 14.0. The standard InChI is InChI=1S/C23H19FO5/c1-27-20-12-7-17(21(14-20)28-2)13-22(25)29-19-10-5-16(6-11-19)23(26)15-3-8-18(24)9-4-15/h3-12,14H,13H2,1-2H3. The lowest BCUT2D eigenvalue weighted by Gasteiger charge is -2.10. The fourth-order valence-corrected chi connectivity index (χ4v) is 2.76. The molecule has 148 valence electrons. The number of halogens is 1. The highest BCUT2D eigenvalue weighted by Crippen LogP contribution is 2.25. The van der Waals surface area contributed by atoms with E-state index in [2.05, 4.69) is 0 Å². The third-order valence-electron chi connectivity index (χ3n) is 4.28. The summed E-state index contributed by atoms with van der Waals surface area (Å²) in [5.41, 5.74) is 1.46. The summed E-state index contributed by atoms with van der Waals surface area (Å²) >= 11 is 0. The van der Waals surface area contributed by atoms with E-state index >= 15 is 0 Å². The molecule has 0 aromatic heterocycles. The number of benzene rings is 3. The first-order valence-electron chi connectivity index (χ1n) is 8.82. The second-order valence-electron chi connectivity index (χ2n) is 6.19. The molecule has 6 heteroatoms. The van der Waals surface area contributed by atoms with Gasteiger partial charge in [0.1, 0.15) is 23.1 Å². The van der Waals surface area contributed by atoms with Crippen molar-refractivity contribution in [2.24, 2.45) is 0 Å². The molecule has 0 atom stereocenters. The molecule has 3 aromatic carbocycles. The van der Waals surface area contributed by atoms with Crippen LogP contribution in [0.5, 0.6) is 17.2 Å². The van der Waals surface area contributed by atoms with E-state index in [4.69, 9.17) is 14.2 Å². The topological polar surface area (TPSA) is 61.8 Å². The maximum absolute atomic E-state index is 13.0. The molecule has 0 N–H and O–H groups in total. The summed E-state index contributed by atoms with van der Waals surface area (Å²) in [6.07, 6.45) is 0.0173. The van der Waals surface area contributed by atoms with Crippen LogP contribution in [0.15, 0.2) is 66.7 Å². The Morgan fingerprint density at radius 3 is 1.97 bits per heavy atom. The number of hydrogen-bond donors (Lipinski definition) is 0. The SMILES string of the molecule is COc1ccc(CC(=O)Oc2ccc(C(=O)c3ccc(F)cc3)cc2)c(OC)c1. The third-order valence-corrected chi connectivity index (χ3v) is 4.28. The van der Waals surface area contributed by atoms with Crippen LogP contribution in [0, 0.1) is 5.82 Å². The Kier molecular flexibility index (Phi) is 6.24. The van der Waals surface area contributed by atoms with Crippen molar-refractivity contribution in [2.75, 3.05) is 14.2 Å². The van der Waals surface area contributed by atoms with Crippen LogP contribution in [0.3, 0.4) is 0 Å². The predicted molar refractivity (Wildman–Crippen MR) is 105 cm³/mol. The van der Waals surface area contributed by atoms with Crippen molar-refractivity contribution in [3.63, 3.8) is 0 Å². The number of methoxy groups -OCH3 is 2. The minimum Gasteiger partial charge on any atom is -0.497 e. The van der Waals surface area contributed by atoms with Gasteiger partial charge in [-0.15, -0.1) is 0 Å². The third kappa shape index (κ3) is 4.99. The van der Waals surface area contributed by atoms with Gasteiger partial charge in [0.05, 0.1) is 20.6 Å². The number of ether oxygens (including phenoxy) is 3. The van der Waals surface area contributed by atoms with Gasteiger partial charge in [0.2, 0.25) is 0 Å². The lowest BCUT2D eigenvalue weighted by molar-refractivity contribution is -0.133. The van der Waals surface area contributed by atoms with Crippen LogP contribution in [0.1, 0.15) is 21.5 Å². The Morgan fingerprint density at radius 2 is 1.38 bits per heavy atom. The molecule has 0 saturated heterocycles. The fourth-order valence-electron chi connectivity index (χ4n) is 2.76. The summed E-state index contributed by atoms with van der Waals surface area (Å²) in [5.74, 6) is 0.356. The summed E-state index contributed by atoms with van der Waals surface area (Å²) in [4.78, 5) is 24.7. The first-order valence-corrected chi connectivity index (χ1v) is 8.82. The fraction of sp³-hybridized carbons (Fsp3) is 0.130. The van der Waals surface area contributed by atoms with E-state index < -0.39 is 11.8 Å². The van der Waals surface area contributed by atoms with Crippen molar-refractivity contribution in [1.29, 1.82) is 0 Å². The minimum atomic E-state index is -0.467. The van der Waals surface area contributed by atoms with Crippen molar-refractivity contribution in [3.8, 4) is 17.2 Å². The summed E-state index contributed by atoms with van der Waals surface area (Å²) in [6.45, 7) is 0. The molecule has 0 heterocycles. The lowest BCUT2D eigenvalue weighted by atomic mass is 10.0. The smallest absolute Gasteiger partial charge is 0.315 e. The summed E-state index contributed by atoms with van der Waals surface area (Å²) in [7, 11) is 3.06. The largest absolute Gasteiger partial charge is 0.497 e. The molecule has 0 saturated carbocycles. The number of carbonyl (C=O) groups excluding carboxylic acids is 2. The van der Waals surface area contributed by atoms with Gasteiger partial charge in [0.25, 0.3) is 0 Å². The summed E-state index contributed by atoms with van der Waals surface area (Å²) in [5, 5.41) is 0. The average molecular weight is 394 g/mol. The second-order valence-corrected chi connectivity index (χ2v) is 6.19. The highest BCUT2D eigenvalue weighted by atomic mass is 19.1. The normalized spacial score (nSPS) is 10.3. The van der Waals surface area contributed by atoms with E-state index in [1.54, 1.807) is 49.6 Å². The van der Waals surface area contributed by atoms with E-state index in [1.807, 2.05) is 0 Å². The van der Waals surface area contributed by atoms with E-state index in [9.17, 15) is 14.0 Å². The van der Waals surface area contributed by atoms with Crippen molar-refractivity contribution in [2.45, 2.75) is 6.42 Å². The lowest BCUT2D eigenvalue weighted by Crippen LogP contribution is -2.12. The maximum Gasteiger partial charge on any atom is 0.315 e.